The highest BCUT2D eigenvalue weighted by molar-refractivity contribution is 7.09. The fraction of sp³-hybridized carbons (Fsp3) is 0.636. The minimum Gasteiger partial charge on any atom is -0.350 e. The van der Waals surface area contributed by atoms with Gasteiger partial charge in [-0.15, -0.1) is 11.3 Å². The Kier molecular flexibility index (Phi) is 4.44. The molecule has 5 heteroatoms. The van der Waals surface area contributed by atoms with Gasteiger partial charge in [-0.05, 0) is 27.7 Å². The predicted octanol–water partition coefficient (Wildman–Crippen LogP) is 1.71. The summed E-state index contributed by atoms with van der Waals surface area (Å²) in [5.41, 5.74) is -0.177. The zero-order chi connectivity index (χ0) is 12.2. The molecule has 0 saturated carbocycles. The lowest BCUT2D eigenvalue weighted by atomic mass is 10.1. The maximum atomic E-state index is 11.5. The van der Waals surface area contributed by atoms with E-state index in [2.05, 4.69) is 15.6 Å². The first kappa shape index (κ1) is 13.1. The van der Waals surface area contributed by atoms with Crippen molar-refractivity contribution in [1.29, 1.82) is 0 Å². The largest absolute Gasteiger partial charge is 0.350 e. The van der Waals surface area contributed by atoms with Crippen molar-refractivity contribution in [3.8, 4) is 0 Å². The van der Waals surface area contributed by atoms with Crippen LogP contribution in [0.4, 0.5) is 0 Å². The Morgan fingerprint density at radius 3 is 2.75 bits per heavy atom. The fourth-order valence-corrected chi connectivity index (χ4v) is 1.91. The maximum Gasteiger partial charge on any atom is 0.234 e. The van der Waals surface area contributed by atoms with Gasteiger partial charge in [-0.1, -0.05) is 0 Å². The van der Waals surface area contributed by atoms with E-state index in [9.17, 15) is 4.79 Å². The lowest BCUT2D eigenvalue weighted by molar-refractivity contribution is -0.121. The number of rotatable bonds is 4. The van der Waals surface area contributed by atoms with Crippen molar-refractivity contribution in [1.82, 2.24) is 15.6 Å². The van der Waals surface area contributed by atoms with Gasteiger partial charge in [0.2, 0.25) is 5.91 Å². The normalized spacial score (nSPS) is 13.5. The first-order valence-electron chi connectivity index (χ1n) is 5.32. The van der Waals surface area contributed by atoms with Crippen LogP contribution in [0.1, 0.15) is 38.7 Å². The van der Waals surface area contributed by atoms with Crippen LogP contribution in [0.2, 0.25) is 0 Å². The van der Waals surface area contributed by atoms with Crippen LogP contribution in [0.3, 0.4) is 0 Å². The van der Waals surface area contributed by atoms with Crippen LogP contribution in [0.5, 0.6) is 0 Å². The second-order valence-corrected chi connectivity index (χ2v) is 5.70. The first-order valence-corrected chi connectivity index (χ1v) is 6.20. The summed E-state index contributed by atoms with van der Waals surface area (Å²) in [5.74, 6) is 0.0101. The van der Waals surface area contributed by atoms with Crippen LogP contribution >= 0.6 is 11.3 Å². The molecule has 16 heavy (non-hydrogen) atoms. The van der Waals surface area contributed by atoms with E-state index in [0.29, 0.717) is 6.54 Å². The van der Waals surface area contributed by atoms with E-state index in [4.69, 9.17) is 0 Å². The summed E-state index contributed by atoms with van der Waals surface area (Å²) in [7, 11) is 0. The van der Waals surface area contributed by atoms with Gasteiger partial charge in [-0.3, -0.25) is 10.1 Å². The number of carbonyl (C=O) groups is 1. The Labute approximate surface area is 100 Å². The van der Waals surface area contributed by atoms with Crippen molar-refractivity contribution in [3.63, 3.8) is 0 Å². The summed E-state index contributed by atoms with van der Waals surface area (Å²) in [6.07, 6.45) is 1.77. The molecule has 0 radical (unpaired) electrons. The minimum atomic E-state index is -0.177. The van der Waals surface area contributed by atoms with Crippen molar-refractivity contribution in [2.75, 3.05) is 6.54 Å². The van der Waals surface area contributed by atoms with Gasteiger partial charge in [0.05, 0.1) is 12.6 Å². The molecule has 0 bridgehead atoms. The van der Waals surface area contributed by atoms with Crippen LogP contribution in [0.15, 0.2) is 11.6 Å². The Hall–Kier alpha value is -0.940. The van der Waals surface area contributed by atoms with E-state index in [-0.39, 0.29) is 17.5 Å². The minimum absolute atomic E-state index is 0.0101. The van der Waals surface area contributed by atoms with Crippen molar-refractivity contribution in [2.24, 2.45) is 0 Å². The number of hydrogen-bond acceptors (Lipinski definition) is 4. The van der Waals surface area contributed by atoms with Crippen molar-refractivity contribution in [2.45, 2.75) is 39.3 Å². The fourth-order valence-electron chi connectivity index (χ4n) is 1.24. The molecule has 1 aromatic rings. The molecule has 1 rings (SSSR count). The van der Waals surface area contributed by atoms with Crippen LogP contribution in [0, 0.1) is 0 Å². The number of thiazole rings is 1. The Morgan fingerprint density at radius 1 is 1.56 bits per heavy atom. The van der Waals surface area contributed by atoms with Gasteiger partial charge < -0.3 is 5.32 Å². The third-order valence-electron chi connectivity index (χ3n) is 1.91. The van der Waals surface area contributed by atoms with Gasteiger partial charge in [0.25, 0.3) is 0 Å². The molecule has 90 valence electrons. The van der Waals surface area contributed by atoms with E-state index in [1.54, 1.807) is 17.5 Å². The molecule has 1 aromatic heterocycles. The summed E-state index contributed by atoms with van der Waals surface area (Å²) in [5, 5.41) is 8.98. The smallest absolute Gasteiger partial charge is 0.234 e. The molecule has 0 saturated heterocycles. The molecule has 0 fully saturated rings. The SMILES string of the molecule is CC(NCC(=O)NC(C)(C)C)c1nccs1. The standard InChI is InChI=1S/C11H19N3OS/c1-8(10-12-5-6-16-10)13-7-9(15)14-11(2,3)4/h5-6,8,13H,7H2,1-4H3,(H,14,15). The van der Waals surface area contributed by atoms with E-state index >= 15 is 0 Å². The van der Waals surface area contributed by atoms with Gasteiger partial charge >= 0.3 is 0 Å². The molecular formula is C11H19N3OS. The van der Waals surface area contributed by atoms with E-state index in [0.717, 1.165) is 5.01 Å². The van der Waals surface area contributed by atoms with E-state index < -0.39 is 0 Å². The van der Waals surface area contributed by atoms with Crippen LogP contribution in [-0.4, -0.2) is 23.0 Å². The van der Waals surface area contributed by atoms with Gasteiger partial charge in [-0.25, -0.2) is 4.98 Å². The molecule has 2 N–H and O–H groups in total. The molecule has 1 atom stereocenters. The molecule has 0 aliphatic rings. The second-order valence-electron chi connectivity index (χ2n) is 4.77. The van der Waals surface area contributed by atoms with Crippen LogP contribution in [-0.2, 0) is 4.79 Å². The summed E-state index contributed by atoms with van der Waals surface area (Å²) < 4.78 is 0. The first-order chi connectivity index (χ1) is 7.38. The molecular weight excluding hydrogens is 222 g/mol. The number of nitrogens with one attached hydrogen (secondary N) is 2. The molecule has 0 spiro atoms. The second kappa shape index (κ2) is 5.41. The molecule has 4 nitrogen and oxygen atoms in total. The molecule has 1 unspecified atom stereocenters. The highest BCUT2D eigenvalue weighted by atomic mass is 32.1. The van der Waals surface area contributed by atoms with E-state index in [1.165, 1.54) is 0 Å². The number of amides is 1. The number of nitrogens with zero attached hydrogens (tertiary/aromatic N) is 1. The van der Waals surface area contributed by atoms with Crippen molar-refractivity contribution in [3.05, 3.63) is 16.6 Å². The highest BCUT2D eigenvalue weighted by Gasteiger charge is 2.15. The van der Waals surface area contributed by atoms with Crippen molar-refractivity contribution >= 4 is 17.2 Å². The average molecular weight is 241 g/mol. The molecule has 1 amide bonds. The number of aromatic nitrogens is 1. The van der Waals surface area contributed by atoms with Gasteiger partial charge in [-0.2, -0.15) is 0 Å². The van der Waals surface area contributed by atoms with E-state index in [1.807, 2.05) is 33.1 Å². The lowest BCUT2D eigenvalue weighted by Crippen LogP contribution is -2.45. The van der Waals surface area contributed by atoms with Gasteiger partial charge in [0.15, 0.2) is 0 Å². The summed E-state index contributed by atoms with van der Waals surface area (Å²) in [6.45, 7) is 8.22. The maximum absolute atomic E-state index is 11.5. The van der Waals surface area contributed by atoms with Crippen LogP contribution in [0.25, 0.3) is 0 Å². The highest BCUT2D eigenvalue weighted by Crippen LogP contribution is 2.13. The zero-order valence-electron chi connectivity index (χ0n) is 10.2. The van der Waals surface area contributed by atoms with Crippen molar-refractivity contribution < 1.29 is 4.79 Å². The van der Waals surface area contributed by atoms with Gasteiger partial charge in [0.1, 0.15) is 5.01 Å². The molecule has 0 aliphatic heterocycles. The third-order valence-corrected chi connectivity index (χ3v) is 2.86. The lowest BCUT2D eigenvalue weighted by Gasteiger charge is -2.21. The topological polar surface area (TPSA) is 54.0 Å². The summed E-state index contributed by atoms with van der Waals surface area (Å²) >= 11 is 1.59. The quantitative estimate of drug-likeness (QED) is 0.843. The summed E-state index contributed by atoms with van der Waals surface area (Å²) in [6, 6.07) is 0.116. The molecule has 0 aliphatic carbocycles. The average Bonchev–Trinajstić information content (AvgIpc) is 2.64. The predicted molar refractivity (Wildman–Crippen MR) is 66.4 cm³/mol. The number of hydrogen-bond donors (Lipinski definition) is 2. The number of carbonyl (C=O) groups excluding carboxylic acids is 1. The third kappa shape index (κ3) is 4.72. The Bertz CT molecular complexity index is 329. The Morgan fingerprint density at radius 2 is 2.25 bits per heavy atom. The zero-order valence-corrected chi connectivity index (χ0v) is 11.0. The van der Waals surface area contributed by atoms with Gasteiger partial charge in [0, 0.05) is 17.1 Å². The monoisotopic (exact) mass is 241 g/mol. The molecule has 0 aromatic carbocycles. The van der Waals surface area contributed by atoms with Crippen LogP contribution < -0.4 is 10.6 Å². The summed E-state index contributed by atoms with van der Waals surface area (Å²) in [4.78, 5) is 15.7. The Balaban J connectivity index is 2.32. The molecule has 1 heterocycles.